The quantitative estimate of drug-likeness (QED) is 0.859. The number of aliphatic carboxylic acids is 1. The lowest BCUT2D eigenvalue weighted by atomic mass is 10.1. The van der Waals surface area contributed by atoms with Gasteiger partial charge in [0.1, 0.15) is 0 Å². The Labute approximate surface area is 115 Å². The second-order valence-corrected chi connectivity index (χ2v) is 4.03. The highest BCUT2D eigenvalue weighted by molar-refractivity contribution is 5.75. The van der Waals surface area contributed by atoms with E-state index in [0.29, 0.717) is 16.8 Å². The van der Waals surface area contributed by atoms with Gasteiger partial charge in [0, 0.05) is 0 Å². The number of carboxylic acids is 1. The van der Waals surface area contributed by atoms with E-state index in [1.165, 1.54) is 0 Å². The molecule has 0 aliphatic heterocycles. The molecule has 0 aliphatic rings. The second kappa shape index (κ2) is 6.25. The number of rotatable bonds is 4. The molecule has 2 aromatic carbocycles. The molecule has 0 radical (unpaired) electrons. The van der Waals surface area contributed by atoms with E-state index < -0.39 is 12.0 Å². The molecule has 5 heteroatoms. The molecule has 2 rings (SSSR count). The Balaban J connectivity index is 2.25. The Kier molecular flexibility index (Phi) is 4.20. The largest absolute Gasteiger partial charge is 0.479 e. The average molecular weight is 265 g/mol. The fourth-order valence-corrected chi connectivity index (χ4v) is 1.62. The first-order valence-electron chi connectivity index (χ1n) is 5.89. The van der Waals surface area contributed by atoms with Crippen LogP contribution >= 0.6 is 0 Å². The van der Waals surface area contributed by atoms with Crippen LogP contribution in [-0.2, 0) is 4.79 Å². The van der Waals surface area contributed by atoms with Crippen LogP contribution in [-0.4, -0.2) is 11.1 Å². The van der Waals surface area contributed by atoms with Gasteiger partial charge in [-0.15, -0.1) is 0 Å². The van der Waals surface area contributed by atoms with Crippen molar-refractivity contribution in [2.45, 2.75) is 6.04 Å². The van der Waals surface area contributed by atoms with Gasteiger partial charge in [-0.2, -0.15) is 15.5 Å². The maximum atomic E-state index is 11.3. The van der Waals surface area contributed by atoms with Gasteiger partial charge >= 0.3 is 5.97 Å². The smallest absolute Gasteiger partial charge is 0.335 e. The van der Waals surface area contributed by atoms with E-state index in [-0.39, 0.29) is 0 Å². The minimum atomic E-state index is -1.09. The van der Waals surface area contributed by atoms with Crippen molar-refractivity contribution in [3.05, 3.63) is 65.7 Å². The highest BCUT2D eigenvalue weighted by Crippen LogP contribution is 2.21. The molecule has 1 N–H and O–H groups in total. The van der Waals surface area contributed by atoms with E-state index in [9.17, 15) is 9.90 Å². The number of hydrogen-bond acceptors (Lipinski definition) is 4. The molecule has 20 heavy (non-hydrogen) atoms. The molecule has 2 aromatic rings. The van der Waals surface area contributed by atoms with E-state index in [1.54, 1.807) is 48.5 Å². The highest BCUT2D eigenvalue weighted by atomic mass is 16.4. The Morgan fingerprint density at radius 2 is 1.75 bits per heavy atom. The summed E-state index contributed by atoms with van der Waals surface area (Å²) in [6.07, 6.45) is 0. The number of benzene rings is 2. The van der Waals surface area contributed by atoms with Crippen LogP contribution in [0, 0.1) is 11.3 Å². The van der Waals surface area contributed by atoms with E-state index in [0.717, 1.165) is 0 Å². The van der Waals surface area contributed by atoms with Crippen molar-refractivity contribution in [1.29, 1.82) is 5.26 Å². The van der Waals surface area contributed by atoms with Crippen LogP contribution in [0.15, 0.2) is 64.8 Å². The molecule has 0 saturated heterocycles. The molecular formula is C15H11N3O2. The predicted octanol–water partition coefficient (Wildman–Crippen LogP) is 3.47. The summed E-state index contributed by atoms with van der Waals surface area (Å²) in [4.78, 5) is 11.3. The summed E-state index contributed by atoms with van der Waals surface area (Å²) >= 11 is 0. The fraction of sp³-hybridized carbons (Fsp3) is 0.0667. The normalized spacial score (nSPS) is 11.9. The van der Waals surface area contributed by atoms with Crippen molar-refractivity contribution in [1.82, 2.24) is 0 Å². The Bertz CT molecular complexity index is 658. The van der Waals surface area contributed by atoms with Crippen LogP contribution < -0.4 is 0 Å². The van der Waals surface area contributed by atoms with E-state index in [1.807, 2.05) is 12.1 Å². The maximum Gasteiger partial charge on any atom is 0.335 e. The third kappa shape index (κ3) is 3.27. The SMILES string of the molecule is N#Cc1ccc(C(N=Nc2ccccc2)C(=O)O)cc1. The molecular weight excluding hydrogens is 254 g/mol. The maximum absolute atomic E-state index is 11.3. The number of carbonyl (C=O) groups is 1. The zero-order valence-electron chi connectivity index (χ0n) is 10.5. The van der Waals surface area contributed by atoms with E-state index in [2.05, 4.69) is 10.2 Å². The number of hydrogen-bond donors (Lipinski definition) is 1. The van der Waals surface area contributed by atoms with E-state index in [4.69, 9.17) is 5.26 Å². The molecule has 0 aromatic heterocycles. The van der Waals surface area contributed by atoms with Crippen LogP contribution in [0.25, 0.3) is 0 Å². The Hall–Kier alpha value is -3.00. The van der Waals surface area contributed by atoms with Crippen molar-refractivity contribution in [2.75, 3.05) is 0 Å². The van der Waals surface area contributed by atoms with Crippen LogP contribution in [0.1, 0.15) is 17.2 Å². The molecule has 0 saturated carbocycles. The summed E-state index contributed by atoms with van der Waals surface area (Å²) in [5, 5.41) is 25.7. The molecule has 5 nitrogen and oxygen atoms in total. The van der Waals surface area contributed by atoms with Crippen molar-refractivity contribution in [3.8, 4) is 6.07 Å². The summed E-state index contributed by atoms with van der Waals surface area (Å²) in [6.45, 7) is 0. The van der Waals surface area contributed by atoms with Crippen molar-refractivity contribution >= 4 is 11.7 Å². The lowest BCUT2D eigenvalue weighted by Crippen LogP contribution is -2.08. The van der Waals surface area contributed by atoms with E-state index >= 15 is 0 Å². The Morgan fingerprint density at radius 3 is 2.30 bits per heavy atom. The van der Waals surface area contributed by atoms with Crippen LogP contribution in [0.3, 0.4) is 0 Å². The monoisotopic (exact) mass is 265 g/mol. The third-order valence-electron chi connectivity index (χ3n) is 2.63. The first-order chi connectivity index (χ1) is 9.70. The average Bonchev–Trinajstić information content (AvgIpc) is 2.49. The standard InChI is InChI=1S/C15H11N3O2/c16-10-11-6-8-12(9-7-11)14(15(19)20)18-17-13-4-2-1-3-5-13/h1-9,14H,(H,19,20). The molecule has 0 amide bonds. The minimum Gasteiger partial charge on any atom is -0.479 e. The number of nitriles is 1. The van der Waals surface area contributed by atoms with Crippen molar-refractivity contribution < 1.29 is 9.90 Å². The first-order valence-corrected chi connectivity index (χ1v) is 5.89. The number of nitrogens with zero attached hydrogens (tertiary/aromatic N) is 3. The van der Waals surface area contributed by atoms with Gasteiger partial charge in [0.2, 0.25) is 0 Å². The minimum absolute atomic E-state index is 0.470. The van der Waals surface area contributed by atoms with Gasteiger partial charge in [-0.3, -0.25) is 0 Å². The summed E-state index contributed by atoms with van der Waals surface area (Å²) < 4.78 is 0. The molecule has 0 aliphatic carbocycles. The molecule has 0 spiro atoms. The lowest BCUT2D eigenvalue weighted by molar-refractivity contribution is -0.138. The zero-order chi connectivity index (χ0) is 14.4. The summed E-state index contributed by atoms with van der Waals surface area (Å²) in [5.41, 5.74) is 1.54. The van der Waals surface area contributed by atoms with Crippen molar-refractivity contribution in [2.24, 2.45) is 10.2 Å². The third-order valence-corrected chi connectivity index (χ3v) is 2.63. The molecule has 98 valence electrons. The van der Waals surface area contributed by atoms with Gasteiger partial charge in [0.25, 0.3) is 0 Å². The summed E-state index contributed by atoms with van der Waals surface area (Å²) in [7, 11) is 0. The van der Waals surface area contributed by atoms with Crippen LogP contribution in [0.4, 0.5) is 5.69 Å². The van der Waals surface area contributed by atoms with Gasteiger partial charge in [0.15, 0.2) is 6.04 Å². The molecule has 1 atom stereocenters. The van der Waals surface area contributed by atoms with Gasteiger partial charge in [-0.1, -0.05) is 30.3 Å². The lowest BCUT2D eigenvalue weighted by Gasteiger charge is -2.06. The summed E-state index contributed by atoms with van der Waals surface area (Å²) in [5.74, 6) is -1.09. The van der Waals surface area contributed by atoms with Crippen LogP contribution in [0.2, 0.25) is 0 Å². The predicted molar refractivity (Wildman–Crippen MR) is 72.5 cm³/mol. The van der Waals surface area contributed by atoms with Crippen molar-refractivity contribution in [3.63, 3.8) is 0 Å². The van der Waals surface area contributed by atoms with Gasteiger partial charge in [0.05, 0.1) is 17.3 Å². The van der Waals surface area contributed by atoms with Gasteiger partial charge < -0.3 is 5.11 Å². The fourth-order valence-electron chi connectivity index (χ4n) is 1.62. The number of azo groups is 1. The first kappa shape index (κ1) is 13.4. The second-order valence-electron chi connectivity index (χ2n) is 4.03. The number of carboxylic acid groups (broad SMARTS) is 1. The highest BCUT2D eigenvalue weighted by Gasteiger charge is 2.19. The molecule has 0 fully saturated rings. The Morgan fingerprint density at radius 1 is 1.10 bits per heavy atom. The molecule has 0 heterocycles. The molecule has 0 bridgehead atoms. The molecule has 1 unspecified atom stereocenters. The topological polar surface area (TPSA) is 85.8 Å². The summed E-state index contributed by atoms with van der Waals surface area (Å²) in [6, 6.07) is 16.1. The zero-order valence-corrected chi connectivity index (χ0v) is 10.5. The van der Waals surface area contributed by atoms with Gasteiger partial charge in [-0.05, 0) is 29.8 Å². The van der Waals surface area contributed by atoms with Gasteiger partial charge in [-0.25, -0.2) is 4.79 Å². The van der Waals surface area contributed by atoms with Crippen LogP contribution in [0.5, 0.6) is 0 Å².